The number of para-hydroxylation sites is 1. The number of ether oxygens (including phenoxy) is 1. The molecule has 0 unspecified atom stereocenters. The third-order valence-corrected chi connectivity index (χ3v) is 4.56. The molecule has 0 spiro atoms. The van der Waals surface area contributed by atoms with Crippen LogP contribution in [0.1, 0.15) is 29.8 Å². The average Bonchev–Trinajstić information content (AvgIpc) is 3.10. The summed E-state index contributed by atoms with van der Waals surface area (Å²) in [7, 11) is 0. The van der Waals surface area contributed by atoms with E-state index < -0.39 is 18.1 Å². The van der Waals surface area contributed by atoms with Crippen LogP contribution in [0.5, 0.6) is 5.75 Å². The largest absolute Gasteiger partial charge is 0.573 e. The molecule has 3 rings (SSSR count). The van der Waals surface area contributed by atoms with E-state index in [0.717, 1.165) is 0 Å². The van der Waals surface area contributed by atoms with Crippen molar-refractivity contribution in [2.45, 2.75) is 25.6 Å². The standard InChI is InChI=1S/C19H18F3NO5/c20-19(21,22)28-15-4-2-1-3-13(15)14-5-6-16(27-14)18(26)23-9-7-12(8-10-23)11-17(24)25/h1-6,12H,7-11H2,(H,24,25). The zero-order valence-electron chi connectivity index (χ0n) is 14.7. The number of amides is 1. The Balaban J connectivity index is 1.71. The lowest BCUT2D eigenvalue weighted by molar-refractivity contribution is -0.274. The summed E-state index contributed by atoms with van der Waals surface area (Å²) >= 11 is 0. The molecule has 1 aromatic carbocycles. The van der Waals surface area contributed by atoms with E-state index >= 15 is 0 Å². The van der Waals surface area contributed by atoms with E-state index in [4.69, 9.17) is 9.52 Å². The predicted molar refractivity (Wildman–Crippen MR) is 91.7 cm³/mol. The lowest BCUT2D eigenvalue weighted by atomic mass is 9.93. The number of hydrogen-bond acceptors (Lipinski definition) is 4. The summed E-state index contributed by atoms with van der Waals surface area (Å²) in [4.78, 5) is 24.9. The van der Waals surface area contributed by atoms with Crippen LogP contribution in [0.25, 0.3) is 11.3 Å². The van der Waals surface area contributed by atoms with Gasteiger partial charge in [0.1, 0.15) is 11.5 Å². The Labute approximate surface area is 158 Å². The lowest BCUT2D eigenvalue weighted by Crippen LogP contribution is -2.38. The van der Waals surface area contributed by atoms with Gasteiger partial charge in [0.2, 0.25) is 0 Å². The van der Waals surface area contributed by atoms with Crippen molar-refractivity contribution in [2.24, 2.45) is 5.92 Å². The van der Waals surface area contributed by atoms with E-state index in [0.29, 0.717) is 25.9 Å². The molecule has 1 fully saturated rings. The Hall–Kier alpha value is -2.97. The van der Waals surface area contributed by atoms with Gasteiger partial charge >= 0.3 is 12.3 Å². The fraction of sp³-hybridized carbons (Fsp3) is 0.368. The number of aliphatic carboxylic acids is 1. The Morgan fingerprint density at radius 2 is 1.82 bits per heavy atom. The molecule has 1 saturated heterocycles. The van der Waals surface area contributed by atoms with E-state index in [1.165, 1.54) is 36.4 Å². The first-order chi connectivity index (χ1) is 13.2. The van der Waals surface area contributed by atoms with Gasteiger partial charge in [0.25, 0.3) is 5.91 Å². The second-order valence-electron chi connectivity index (χ2n) is 6.54. The van der Waals surface area contributed by atoms with E-state index in [2.05, 4.69) is 4.74 Å². The number of furan rings is 1. The molecule has 1 aliphatic heterocycles. The minimum Gasteiger partial charge on any atom is -0.481 e. The highest BCUT2D eigenvalue weighted by molar-refractivity contribution is 5.92. The van der Waals surface area contributed by atoms with Crippen LogP contribution in [-0.4, -0.2) is 41.3 Å². The number of hydrogen-bond donors (Lipinski definition) is 1. The van der Waals surface area contributed by atoms with Crippen molar-refractivity contribution in [1.82, 2.24) is 4.90 Å². The molecule has 28 heavy (non-hydrogen) atoms. The predicted octanol–water partition coefficient (Wildman–Crippen LogP) is 4.17. The van der Waals surface area contributed by atoms with Crippen molar-refractivity contribution in [3.8, 4) is 17.1 Å². The Kier molecular flexibility index (Phi) is 5.62. The van der Waals surface area contributed by atoms with Crippen molar-refractivity contribution >= 4 is 11.9 Å². The third kappa shape index (κ3) is 4.85. The first-order valence-electron chi connectivity index (χ1n) is 8.69. The first-order valence-corrected chi connectivity index (χ1v) is 8.69. The number of halogens is 3. The van der Waals surface area contributed by atoms with Gasteiger partial charge in [0, 0.05) is 19.5 Å². The molecular formula is C19H18F3NO5. The second-order valence-corrected chi connectivity index (χ2v) is 6.54. The number of benzene rings is 1. The van der Waals surface area contributed by atoms with Gasteiger partial charge in [-0.3, -0.25) is 9.59 Å². The molecule has 9 heteroatoms. The van der Waals surface area contributed by atoms with Crippen molar-refractivity contribution < 1.29 is 37.0 Å². The molecule has 6 nitrogen and oxygen atoms in total. The van der Waals surface area contributed by atoms with Gasteiger partial charge in [-0.15, -0.1) is 13.2 Å². The van der Waals surface area contributed by atoms with Crippen LogP contribution in [0.2, 0.25) is 0 Å². The van der Waals surface area contributed by atoms with Gasteiger partial charge in [-0.25, -0.2) is 0 Å². The van der Waals surface area contributed by atoms with Crippen molar-refractivity contribution in [3.05, 3.63) is 42.2 Å². The SMILES string of the molecule is O=C(O)CC1CCN(C(=O)c2ccc(-c3ccccc3OC(F)(F)F)o2)CC1. The summed E-state index contributed by atoms with van der Waals surface area (Å²) in [5.41, 5.74) is 0.0824. The normalized spacial score (nSPS) is 15.5. The smallest absolute Gasteiger partial charge is 0.481 e. The highest BCUT2D eigenvalue weighted by Gasteiger charge is 2.33. The van der Waals surface area contributed by atoms with Crippen molar-refractivity contribution in [2.75, 3.05) is 13.1 Å². The number of alkyl halides is 3. The van der Waals surface area contributed by atoms with Crippen LogP contribution in [0, 0.1) is 5.92 Å². The lowest BCUT2D eigenvalue weighted by Gasteiger charge is -2.30. The Bertz CT molecular complexity index is 853. The average molecular weight is 397 g/mol. The number of carboxylic acids is 1. The molecule has 1 amide bonds. The molecule has 1 aromatic heterocycles. The zero-order valence-corrected chi connectivity index (χ0v) is 14.7. The van der Waals surface area contributed by atoms with E-state index in [1.807, 2.05) is 0 Å². The summed E-state index contributed by atoms with van der Waals surface area (Å²) < 4.78 is 47.2. The number of rotatable bonds is 5. The highest BCUT2D eigenvalue weighted by Crippen LogP contribution is 2.35. The number of piperidine rings is 1. The molecule has 1 N–H and O–H groups in total. The summed E-state index contributed by atoms with van der Waals surface area (Å²) in [5, 5.41) is 8.85. The molecule has 0 saturated carbocycles. The first kappa shape index (κ1) is 19.8. The fourth-order valence-corrected chi connectivity index (χ4v) is 3.22. The number of nitrogens with zero attached hydrogens (tertiary/aromatic N) is 1. The highest BCUT2D eigenvalue weighted by atomic mass is 19.4. The van der Waals surface area contributed by atoms with Crippen LogP contribution < -0.4 is 4.74 Å². The number of carbonyl (C=O) groups excluding carboxylic acids is 1. The fourth-order valence-electron chi connectivity index (χ4n) is 3.22. The summed E-state index contributed by atoms with van der Waals surface area (Å²) in [6.45, 7) is 0.807. The minimum absolute atomic E-state index is 0.00787. The molecule has 2 aromatic rings. The van der Waals surface area contributed by atoms with Gasteiger partial charge in [-0.2, -0.15) is 0 Å². The maximum Gasteiger partial charge on any atom is 0.573 e. The van der Waals surface area contributed by atoms with Crippen LogP contribution in [0.15, 0.2) is 40.8 Å². The van der Waals surface area contributed by atoms with Gasteiger partial charge < -0.3 is 19.2 Å². The minimum atomic E-state index is -4.85. The third-order valence-electron chi connectivity index (χ3n) is 4.56. The van der Waals surface area contributed by atoms with Crippen LogP contribution in [-0.2, 0) is 4.79 Å². The maximum absolute atomic E-state index is 12.6. The molecule has 1 aliphatic rings. The van der Waals surface area contributed by atoms with Gasteiger partial charge in [0.05, 0.1) is 5.56 Å². The van der Waals surface area contributed by atoms with E-state index in [-0.39, 0.29) is 35.3 Å². The van der Waals surface area contributed by atoms with E-state index in [9.17, 15) is 22.8 Å². The second kappa shape index (κ2) is 7.95. The van der Waals surface area contributed by atoms with Crippen molar-refractivity contribution in [1.29, 1.82) is 0 Å². The summed E-state index contributed by atoms with van der Waals surface area (Å²) in [5.74, 6) is -1.54. The molecular weight excluding hydrogens is 379 g/mol. The van der Waals surface area contributed by atoms with Crippen LogP contribution in [0.3, 0.4) is 0 Å². The van der Waals surface area contributed by atoms with Gasteiger partial charge in [-0.1, -0.05) is 12.1 Å². The number of carbonyl (C=O) groups is 2. The molecule has 150 valence electrons. The number of likely N-dealkylation sites (tertiary alicyclic amines) is 1. The monoisotopic (exact) mass is 397 g/mol. The molecule has 2 heterocycles. The number of carboxylic acid groups (broad SMARTS) is 1. The van der Waals surface area contributed by atoms with E-state index in [1.54, 1.807) is 4.90 Å². The Morgan fingerprint density at radius 3 is 2.46 bits per heavy atom. The van der Waals surface area contributed by atoms with Crippen LogP contribution in [0.4, 0.5) is 13.2 Å². The Morgan fingerprint density at radius 1 is 1.14 bits per heavy atom. The maximum atomic E-state index is 12.6. The van der Waals surface area contributed by atoms with Gasteiger partial charge in [0.15, 0.2) is 5.76 Å². The summed E-state index contributed by atoms with van der Waals surface area (Å²) in [6, 6.07) is 8.34. The molecule has 0 atom stereocenters. The molecule has 0 radical (unpaired) electrons. The molecule has 0 bridgehead atoms. The topological polar surface area (TPSA) is 80.0 Å². The zero-order chi connectivity index (χ0) is 20.3. The molecule has 0 aliphatic carbocycles. The quantitative estimate of drug-likeness (QED) is 0.819. The van der Waals surface area contributed by atoms with Crippen LogP contribution >= 0.6 is 0 Å². The van der Waals surface area contributed by atoms with Gasteiger partial charge in [-0.05, 0) is 43.0 Å². The van der Waals surface area contributed by atoms with Crippen molar-refractivity contribution in [3.63, 3.8) is 0 Å². The summed E-state index contributed by atoms with van der Waals surface area (Å²) in [6.07, 6.45) is -3.62.